The van der Waals surface area contributed by atoms with Crippen LogP contribution in [0.15, 0.2) is 29.2 Å². The lowest BCUT2D eigenvalue weighted by Crippen LogP contribution is -2.54. The normalized spacial score (nSPS) is 17.3. The molecular formula is C18H25F3N2O3S. The van der Waals surface area contributed by atoms with E-state index in [0.717, 1.165) is 37.5 Å². The second-order valence-electron chi connectivity index (χ2n) is 7.85. The van der Waals surface area contributed by atoms with Crippen LogP contribution in [0.25, 0.3) is 0 Å². The fourth-order valence-electron chi connectivity index (χ4n) is 2.94. The minimum Gasteiger partial charge on any atom is -0.350 e. The quantitative estimate of drug-likeness (QED) is 0.730. The van der Waals surface area contributed by atoms with Gasteiger partial charge in [-0.2, -0.15) is 13.2 Å². The molecule has 9 heteroatoms. The Morgan fingerprint density at radius 2 is 1.85 bits per heavy atom. The molecule has 1 saturated carbocycles. The summed E-state index contributed by atoms with van der Waals surface area (Å²) in [5.41, 5.74) is -1.21. The Bertz CT molecular complexity index is 800. The molecule has 1 amide bonds. The van der Waals surface area contributed by atoms with Gasteiger partial charge in [-0.05, 0) is 58.2 Å². The maximum Gasteiger partial charge on any atom is 0.416 e. The third kappa shape index (κ3) is 5.01. The van der Waals surface area contributed by atoms with Crippen molar-refractivity contribution >= 4 is 15.7 Å². The number of carbonyl (C=O) groups excluding carboxylic acids is 1. The van der Waals surface area contributed by atoms with Gasteiger partial charge in [-0.1, -0.05) is 6.07 Å². The van der Waals surface area contributed by atoms with Crippen molar-refractivity contribution in [3.8, 4) is 0 Å². The molecule has 0 aromatic heterocycles. The van der Waals surface area contributed by atoms with Crippen molar-refractivity contribution in [1.29, 1.82) is 0 Å². The maximum atomic E-state index is 12.9. The maximum absolute atomic E-state index is 12.9. The van der Waals surface area contributed by atoms with E-state index in [2.05, 4.69) is 10.6 Å². The van der Waals surface area contributed by atoms with Crippen LogP contribution in [-0.2, 0) is 20.8 Å². The van der Waals surface area contributed by atoms with E-state index in [0.29, 0.717) is 6.07 Å². The second kappa shape index (κ2) is 7.43. The number of sulfone groups is 1. The average molecular weight is 406 g/mol. The van der Waals surface area contributed by atoms with Crippen LogP contribution in [0.3, 0.4) is 0 Å². The van der Waals surface area contributed by atoms with E-state index in [4.69, 9.17) is 0 Å². The van der Waals surface area contributed by atoms with E-state index >= 15 is 0 Å². The van der Waals surface area contributed by atoms with E-state index in [1.165, 1.54) is 13.8 Å². The van der Waals surface area contributed by atoms with Gasteiger partial charge in [0.2, 0.25) is 5.91 Å². The Morgan fingerprint density at radius 1 is 1.22 bits per heavy atom. The topological polar surface area (TPSA) is 75.3 Å². The third-order valence-corrected chi connectivity index (χ3v) is 7.41. The Hall–Kier alpha value is -1.61. The van der Waals surface area contributed by atoms with E-state index in [-0.39, 0.29) is 24.5 Å². The highest BCUT2D eigenvalue weighted by atomic mass is 32.2. The predicted molar refractivity (Wildman–Crippen MR) is 96.0 cm³/mol. The summed E-state index contributed by atoms with van der Waals surface area (Å²) in [6, 6.07) is 3.69. The van der Waals surface area contributed by atoms with Crippen LogP contribution in [0.4, 0.5) is 13.2 Å². The first-order chi connectivity index (χ1) is 12.3. The average Bonchev–Trinajstić information content (AvgIpc) is 2.52. The predicted octanol–water partition coefficient (Wildman–Crippen LogP) is 2.91. The molecule has 1 aromatic carbocycles. The number of amides is 1. The lowest BCUT2D eigenvalue weighted by Gasteiger charge is -2.39. The summed E-state index contributed by atoms with van der Waals surface area (Å²) in [7, 11) is -4.04. The van der Waals surface area contributed by atoms with Crippen molar-refractivity contribution in [3.63, 3.8) is 0 Å². The summed E-state index contributed by atoms with van der Waals surface area (Å²) in [5, 5.41) is 5.70. The number of carbonyl (C=O) groups is 1. The fraction of sp³-hybridized carbons (Fsp3) is 0.611. The zero-order chi connectivity index (χ0) is 20.5. The zero-order valence-corrected chi connectivity index (χ0v) is 16.4. The molecule has 1 aliphatic rings. The van der Waals surface area contributed by atoms with Crippen molar-refractivity contribution < 1.29 is 26.4 Å². The van der Waals surface area contributed by atoms with E-state index in [1.54, 1.807) is 0 Å². The number of rotatable bonds is 7. The first-order valence-corrected chi connectivity index (χ1v) is 10.2. The van der Waals surface area contributed by atoms with Gasteiger partial charge in [0.1, 0.15) is 0 Å². The number of halogens is 3. The summed E-state index contributed by atoms with van der Waals surface area (Å²) in [4.78, 5) is 11.6. The molecule has 152 valence electrons. The third-order valence-electron chi connectivity index (χ3n) is 4.93. The Balaban J connectivity index is 2.03. The molecule has 27 heavy (non-hydrogen) atoms. The Labute approximate surface area is 157 Å². The second-order valence-corrected chi connectivity index (χ2v) is 10.4. The van der Waals surface area contributed by atoms with Gasteiger partial charge in [-0.3, -0.25) is 4.79 Å². The highest BCUT2D eigenvalue weighted by molar-refractivity contribution is 7.92. The standard InChI is InChI=1S/C18H25F3N2O3S/c1-16(2,12-22-11-15(24)23-17(3)8-5-9-17)27(25,26)14-7-4-6-13(10-14)18(19,20)21/h4,6-7,10,22H,5,8-9,11-12H2,1-3H3,(H,23,24). The molecule has 0 spiro atoms. The summed E-state index contributed by atoms with van der Waals surface area (Å²) < 4.78 is 62.8. The van der Waals surface area contributed by atoms with Gasteiger partial charge >= 0.3 is 6.18 Å². The van der Waals surface area contributed by atoms with Crippen LogP contribution in [-0.4, -0.2) is 37.7 Å². The van der Waals surface area contributed by atoms with Crippen LogP contribution < -0.4 is 10.6 Å². The first kappa shape index (κ1) is 21.7. The molecule has 0 unspecified atom stereocenters. The highest BCUT2D eigenvalue weighted by Crippen LogP contribution is 2.33. The number of alkyl halides is 3. The van der Waals surface area contributed by atoms with Crippen molar-refractivity contribution in [3.05, 3.63) is 29.8 Å². The lowest BCUT2D eigenvalue weighted by molar-refractivity contribution is -0.137. The fourth-order valence-corrected chi connectivity index (χ4v) is 4.41. The van der Waals surface area contributed by atoms with Crippen molar-refractivity contribution in [2.45, 2.75) is 61.4 Å². The molecule has 5 nitrogen and oxygen atoms in total. The van der Waals surface area contributed by atoms with Crippen molar-refractivity contribution in [1.82, 2.24) is 10.6 Å². The smallest absolute Gasteiger partial charge is 0.350 e. The molecule has 2 N–H and O–H groups in total. The van der Waals surface area contributed by atoms with Gasteiger partial charge in [0.15, 0.2) is 9.84 Å². The molecule has 1 fully saturated rings. The summed E-state index contributed by atoms with van der Waals surface area (Å²) in [6.45, 7) is 4.66. The van der Waals surface area contributed by atoms with Crippen LogP contribution >= 0.6 is 0 Å². The van der Waals surface area contributed by atoms with Crippen LogP contribution in [0.2, 0.25) is 0 Å². The number of benzene rings is 1. The van der Waals surface area contributed by atoms with Crippen molar-refractivity contribution in [2.24, 2.45) is 0 Å². The van der Waals surface area contributed by atoms with Crippen LogP contribution in [0.5, 0.6) is 0 Å². The largest absolute Gasteiger partial charge is 0.416 e. The molecule has 0 saturated heterocycles. The van der Waals surface area contributed by atoms with Gasteiger partial charge in [-0.15, -0.1) is 0 Å². The summed E-state index contributed by atoms with van der Waals surface area (Å²) in [6.07, 6.45) is -1.74. The molecule has 1 aromatic rings. The minimum atomic E-state index is -4.62. The van der Waals surface area contributed by atoms with Gasteiger partial charge in [0.25, 0.3) is 0 Å². The SMILES string of the molecule is CC1(NC(=O)CNCC(C)(C)S(=O)(=O)c2cccc(C(F)(F)F)c2)CCC1. The zero-order valence-electron chi connectivity index (χ0n) is 15.6. The molecular weight excluding hydrogens is 381 g/mol. The number of hydrogen-bond acceptors (Lipinski definition) is 4. The van der Waals surface area contributed by atoms with Gasteiger partial charge in [0.05, 0.1) is 21.8 Å². The van der Waals surface area contributed by atoms with E-state index < -0.39 is 31.2 Å². The van der Waals surface area contributed by atoms with Crippen molar-refractivity contribution in [2.75, 3.05) is 13.1 Å². The van der Waals surface area contributed by atoms with Crippen LogP contribution in [0.1, 0.15) is 45.6 Å². The summed E-state index contributed by atoms with van der Waals surface area (Å²) in [5.74, 6) is -0.232. The molecule has 0 radical (unpaired) electrons. The Kier molecular flexibility index (Phi) is 5.96. The number of hydrogen-bond donors (Lipinski definition) is 2. The van der Waals surface area contributed by atoms with E-state index in [9.17, 15) is 26.4 Å². The summed E-state index contributed by atoms with van der Waals surface area (Å²) >= 11 is 0. The molecule has 0 aliphatic heterocycles. The van der Waals surface area contributed by atoms with Gasteiger partial charge in [0, 0.05) is 12.1 Å². The van der Waals surface area contributed by atoms with Crippen LogP contribution in [0, 0.1) is 0 Å². The first-order valence-electron chi connectivity index (χ1n) is 8.71. The molecule has 2 rings (SSSR count). The molecule has 0 bridgehead atoms. The number of nitrogens with one attached hydrogen (secondary N) is 2. The highest BCUT2D eigenvalue weighted by Gasteiger charge is 2.38. The monoisotopic (exact) mass is 406 g/mol. The van der Waals surface area contributed by atoms with Gasteiger partial charge in [-0.25, -0.2) is 8.42 Å². The molecule has 0 heterocycles. The minimum absolute atomic E-state index is 0.0584. The lowest BCUT2D eigenvalue weighted by atomic mass is 9.78. The molecule has 0 atom stereocenters. The van der Waals surface area contributed by atoms with Gasteiger partial charge < -0.3 is 10.6 Å². The Morgan fingerprint density at radius 3 is 2.37 bits per heavy atom. The molecule has 1 aliphatic carbocycles. The van der Waals surface area contributed by atoms with E-state index in [1.807, 2.05) is 6.92 Å².